The molecular weight excluding hydrogens is 346 g/mol. The predicted molar refractivity (Wildman–Crippen MR) is 102 cm³/mol. The lowest BCUT2D eigenvalue weighted by molar-refractivity contribution is -0.385. The Morgan fingerprint density at radius 1 is 1.04 bits per heavy atom. The topological polar surface area (TPSA) is 84.6 Å². The molecule has 4 rings (SSSR count). The van der Waals surface area contributed by atoms with E-state index in [0.717, 1.165) is 23.9 Å². The Morgan fingerprint density at radius 3 is 2.52 bits per heavy atom. The van der Waals surface area contributed by atoms with Crippen molar-refractivity contribution in [2.75, 3.05) is 38.1 Å². The molecule has 2 heterocycles. The minimum absolute atomic E-state index is 0.0424. The standard InChI is InChI=1S/C19H19N5O3/c1-22-8-10-23(11-9-22)18-17(24(25)26)19(21-13-20-18)27-16-7-6-14-4-2-3-5-15(14)12-16/h2-7,12-13H,8-11H2,1H3. The van der Waals surface area contributed by atoms with Gasteiger partial charge in [-0.1, -0.05) is 30.3 Å². The van der Waals surface area contributed by atoms with Gasteiger partial charge < -0.3 is 14.5 Å². The molecule has 0 amide bonds. The van der Waals surface area contributed by atoms with E-state index in [1.54, 1.807) is 6.07 Å². The van der Waals surface area contributed by atoms with Crippen LogP contribution in [0.1, 0.15) is 0 Å². The lowest BCUT2D eigenvalue weighted by Gasteiger charge is -2.32. The maximum absolute atomic E-state index is 11.8. The van der Waals surface area contributed by atoms with Crippen molar-refractivity contribution in [2.24, 2.45) is 0 Å². The minimum atomic E-state index is -0.468. The van der Waals surface area contributed by atoms with E-state index in [9.17, 15) is 10.1 Å². The summed E-state index contributed by atoms with van der Waals surface area (Å²) in [4.78, 5) is 23.6. The van der Waals surface area contributed by atoms with Gasteiger partial charge in [-0.2, -0.15) is 4.98 Å². The van der Waals surface area contributed by atoms with Crippen LogP contribution in [-0.4, -0.2) is 53.0 Å². The summed E-state index contributed by atoms with van der Waals surface area (Å²) in [5.74, 6) is 0.762. The highest BCUT2D eigenvalue weighted by Gasteiger charge is 2.30. The van der Waals surface area contributed by atoms with Crippen molar-refractivity contribution < 1.29 is 9.66 Å². The first-order valence-electron chi connectivity index (χ1n) is 8.71. The summed E-state index contributed by atoms with van der Waals surface area (Å²) in [6.07, 6.45) is 1.32. The van der Waals surface area contributed by atoms with Crippen LogP contribution < -0.4 is 9.64 Å². The number of likely N-dealkylation sites (N-methyl/N-ethyl adjacent to an activating group) is 1. The quantitative estimate of drug-likeness (QED) is 0.519. The van der Waals surface area contributed by atoms with Crippen LogP contribution in [0, 0.1) is 10.1 Å². The Bertz CT molecular complexity index is 986. The smallest absolute Gasteiger partial charge is 0.373 e. The fraction of sp³-hybridized carbons (Fsp3) is 0.263. The van der Waals surface area contributed by atoms with Crippen molar-refractivity contribution in [1.82, 2.24) is 14.9 Å². The third-order valence-electron chi connectivity index (χ3n) is 4.69. The summed E-state index contributed by atoms with van der Waals surface area (Å²) in [5.41, 5.74) is -0.199. The first kappa shape index (κ1) is 17.2. The molecule has 0 atom stereocenters. The van der Waals surface area contributed by atoms with E-state index in [-0.39, 0.29) is 11.6 Å². The number of nitrogens with zero attached hydrogens (tertiary/aromatic N) is 5. The molecule has 2 aromatic carbocycles. The molecule has 0 radical (unpaired) electrons. The highest BCUT2D eigenvalue weighted by atomic mass is 16.6. The SMILES string of the molecule is CN1CCN(c2ncnc(Oc3ccc4ccccc4c3)c2[N+](=O)[O-])CC1. The first-order valence-corrected chi connectivity index (χ1v) is 8.71. The molecule has 0 saturated carbocycles. The zero-order chi connectivity index (χ0) is 18.8. The summed E-state index contributed by atoms with van der Waals surface area (Å²) >= 11 is 0. The molecule has 27 heavy (non-hydrogen) atoms. The molecule has 0 aliphatic carbocycles. The zero-order valence-electron chi connectivity index (χ0n) is 14.9. The Kier molecular flexibility index (Phi) is 4.55. The second-order valence-electron chi connectivity index (χ2n) is 6.51. The predicted octanol–water partition coefficient (Wildman–Crippen LogP) is 3.08. The van der Waals surface area contributed by atoms with Gasteiger partial charge in [0.2, 0.25) is 5.82 Å². The summed E-state index contributed by atoms with van der Waals surface area (Å²) in [5, 5.41) is 13.8. The molecule has 1 aromatic heterocycles. The van der Waals surface area contributed by atoms with Crippen molar-refractivity contribution in [3.05, 3.63) is 58.9 Å². The Morgan fingerprint density at radius 2 is 1.78 bits per heavy atom. The molecule has 0 bridgehead atoms. The van der Waals surface area contributed by atoms with Gasteiger partial charge in [0.25, 0.3) is 0 Å². The molecule has 0 unspecified atom stereocenters. The molecule has 8 heteroatoms. The fourth-order valence-electron chi connectivity index (χ4n) is 3.18. The van der Waals surface area contributed by atoms with Gasteiger partial charge in [-0.05, 0) is 30.0 Å². The van der Waals surface area contributed by atoms with Gasteiger partial charge in [-0.15, -0.1) is 0 Å². The molecule has 1 aliphatic heterocycles. The lowest BCUT2D eigenvalue weighted by atomic mass is 10.1. The molecule has 0 spiro atoms. The van der Waals surface area contributed by atoms with E-state index in [1.165, 1.54) is 6.33 Å². The van der Waals surface area contributed by atoms with Crippen LogP contribution in [-0.2, 0) is 0 Å². The van der Waals surface area contributed by atoms with Gasteiger partial charge in [-0.25, -0.2) is 4.98 Å². The van der Waals surface area contributed by atoms with Crippen LogP contribution in [0.5, 0.6) is 11.6 Å². The van der Waals surface area contributed by atoms with E-state index in [0.29, 0.717) is 24.7 Å². The maximum atomic E-state index is 11.8. The molecule has 1 saturated heterocycles. The third-order valence-corrected chi connectivity index (χ3v) is 4.69. The van der Waals surface area contributed by atoms with E-state index >= 15 is 0 Å². The fourth-order valence-corrected chi connectivity index (χ4v) is 3.18. The molecule has 1 fully saturated rings. The normalized spacial score (nSPS) is 15.1. The monoisotopic (exact) mass is 365 g/mol. The highest BCUT2D eigenvalue weighted by Crippen LogP contribution is 2.36. The van der Waals surface area contributed by atoms with Crippen LogP contribution >= 0.6 is 0 Å². The summed E-state index contributed by atoms with van der Waals surface area (Å²) in [6, 6.07) is 13.4. The van der Waals surface area contributed by atoms with Gasteiger partial charge in [0.1, 0.15) is 12.1 Å². The Labute approximate surface area is 156 Å². The molecule has 1 aliphatic rings. The van der Waals surface area contributed by atoms with Crippen molar-refractivity contribution >= 4 is 22.3 Å². The van der Waals surface area contributed by atoms with Crippen molar-refractivity contribution in [2.45, 2.75) is 0 Å². The molecular formula is C19H19N5O3. The molecule has 3 aromatic rings. The summed E-state index contributed by atoms with van der Waals surface area (Å²) in [7, 11) is 2.03. The van der Waals surface area contributed by atoms with Crippen molar-refractivity contribution in [3.63, 3.8) is 0 Å². The zero-order valence-corrected chi connectivity index (χ0v) is 14.9. The van der Waals surface area contributed by atoms with Crippen LogP contribution in [0.2, 0.25) is 0 Å². The van der Waals surface area contributed by atoms with Gasteiger partial charge >= 0.3 is 11.6 Å². The highest BCUT2D eigenvalue weighted by molar-refractivity contribution is 5.83. The van der Waals surface area contributed by atoms with Crippen LogP contribution in [0.4, 0.5) is 11.5 Å². The average molecular weight is 365 g/mol. The van der Waals surface area contributed by atoms with Gasteiger partial charge in [0, 0.05) is 26.2 Å². The number of rotatable bonds is 4. The number of anilines is 1. The first-order chi connectivity index (χ1) is 13.1. The van der Waals surface area contributed by atoms with Crippen LogP contribution in [0.3, 0.4) is 0 Å². The summed E-state index contributed by atoms with van der Waals surface area (Å²) in [6.45, 7) is 2.98. The number of aromatic nitrogens is 2. The Balaban J connectivity index is 1.69. The Hall–Kier alpha value is -3.26. The van der Waals surface area contributed by atoms with Gasteiger partial charge in [0.15, 0.2) is 0 Å². The molecule has 138 valence electrons. The maximum Gasteiger partial charge on any atom is 0.373 e. The number of benzene rings is 2. The number of ether oxygens (including phenoxy) is 1. The van der Waals surface area contributed by atoms with Crippen molar-refractivity contribution in [1.29, 1.82) is 0 Å². The average Bonchev–Trinajstić information content (AvgIpc) is 2.68. The lowest BCUT2D eigenvalue weighted by Crippen LogP contribution is -2.45. The van der Waals surface area contributed by atoms with Crippen LogP contribution in [0.25, 0.3) is 10.8 Å². The summed E-state index contributed by atoms with van der Waals surface area (Å²) < 4.78 is 5.80. The number of hydrogen-bond donors (Lipinski definition) is 0. The van der Waals surface area contributed by atoms with E-state index < -0.39 is 4.92 Å². The van der Waals surface area contributed by atoms with Crippen LogP contribution in [0.15, 0.2) is 48.8 Å². The number of fused-ring (bicyclic) bond motifs is 1. The third kappa shape index (κ3) is 3.52. The van der Waals surface area contributed by atoms with Gasteiger partial charge in [-0.3, -0.25) is 10.1 Å². The van der Waals surface area contributed by atoms with E-state index in [1.807, 2.05) is 48.3 Å². The largest absolute Gasteiger partial charge is 0.434 e. The van der Waals surface area contributed by atoms with Gasteiger partial charge in [0.05, 0.1) is 4.92 Å². The minimum Gasteiger partial charge on any atom is -0.434 e. The second kappa shape index (κ2) is 7.16. The molecule has 0 N–H and O–H groups in total. The van der Waals surface area contributed by atoms with E-state index in [2.05, 4.69) is 14.9 Å². The number of hydrogen-bond acceptors (Lipinski definition) is 7. The van der Waals surface area contributed by atoms with E-state index in [4.69, 9.17) is 4.74 Å². The number of piperazine rings is 1. The number of nitro groups is 1. The second-order valence-corrected chi connectivity index (χ2v) is 6.51. The van der Waals surface area contributed by atoms with Crippen molar-refractivity contribution in [3.8, 4) is 11.6 Å². The molecule has 8 nitrogen and oxygen atoms in total.